The molecule has 4 aliphatic heterocycles. The third-order valence-electron chi connectivity index (χ3n) is 7.04. The number of methoxy groups -OCH3 is 1. The van der Waals surface area contributed by atoms with E-state index in [2.05, 4.69) is 10.3 Å². The van der Waals surface area contributed by atoms with Gasteiger partial charge in [0.1, 0.15) is 18.2 Å². The molecule has 3 saturated heterocycles. The summed E-state index contributed by atoms with van der Waals surface area (Å²) in [5, 5.41) is 9.69. The lowest BCUT2D eigenvalue weighted by molar-refractivity contribution is -0.351. The Hall–Kier alpha value is -3.71. The molecule has 8 atom stereocenters. The molecule has 3 fully saturated rings. The molecule has 0 aromatic heterocycles. The van der Waals surface area contributed by atoms with Crippen LogP contribution in [0.5, 0.6) is 0 Å². The number of benzene rings is 2. The molecule has 6 rings (SSSR count). The highest BCUT2D eigenvalue weighted by Crippen LogP contribution is 2.41. The summed E-state index contributed by atoms with van der Waals surface area (Å²) in [4.78, 5) is 40.2. The number of nitrogens with zero attached hydrogens (tertiary/aromatic N) is 4. The van der Waals surface area contributed by atoms with Crippen LogP contribution in [-0.2, 0) is 38.1 Å². The summed E-state index contributed by atoms with van der Waals surface area (Å²) in [6.07, 6.45) is -4.10. The van der Waals surface area contributed by atoms with Gasteiger partial charge < -0.3 is 23.7 Å². The second-order valence-corrected chi connectivity index (χ2v) is 9.34. The maximum Gasteiger partial charge on any atom is 0.303 e. The van der Waals surface area contributed by atoms with E-state index < -0.39 is 66.8 Å². The lowest BCUT2D eigenvalue weighted by Crippen LogP contribution is -2.68. The summed E-state index contributed by atoms with van der Waals surface area (Å²) in [5.74, 6) is -1.55. The maximum atomic E-state index is 13.6. The molecule has 0 bridgehead atoms. The van der Waals surface area contributed by atoms with Gasteiger partial charge in [-0.15, -0.1) is 0 Å². The standard InChI is InChI=1S/C26H26N4O8/c1-14(31)36-22-20(26(34-2)37-17-13-35-25(38-21(17)22)15-9-5-3-6-10-15)30-19-18(27-28-30)23(32)29(24(19)33)16-11-7-4-8-12-16/h3-12,17-22,25-26H,13H2,1-2H3/t17-,18+,19-,20+,21-,22+,25+,26+/m1/s1. The minimum atomic E-state index is -1.06. The van der Waals surface area contributed by atoms with E-state index in [0.717, 1.165) is 10.5 Å². The van der Waals surface area contributed by atoms with Crippen LogP contribution in [-0.4, -0.2) is 79.2 Å². The van der Waals surface area contributed by atoms with Crippen LogP contribution in [0.3, 0.4) is 0 Å². The molecule has 2 aromatic carbocycles. The zero-order chi connectivity index (χ0) is 26.4. The molecular formula is C26H26N4O8. The lowest BCUT2D eigenvalue weighted by Gasteiger charge is -2.50. The summed E-state index contributed by atoms with van der Waals surface area (Å²) in [5.41, 5.74) is 1.22. The van der Waals surface area contributed by atoms with Crippen LogP contribution in [0.1, 0.15) is 18.8 Å². The van der Waals surface area contributed by atoms with Gasteiger partial charge in [0.2, 0.25) is 0 Å². The molecule has 0 unspecified atom stereocenters. The van der Waals surface area contributed by atoms with Crippen molar-refractivity contribution in [1.82, 2.24) is 5.01 Å². The highest BCUT2D eigenvalue weighted by molar-refractivity contribution is 6.25. The number of para-hydroxylation sites is 1. The van der Waals surface area contributed by atoms with Gasteiger partial charge in [-0.25, -0.2) is 4.90 Å². The third-order valence-corrected chi connectivity index (χ3v) is 7.04. The average molecular weight is 523 g/mol. The van der Waals surface area contributed by atoms with E-state index in [0.29, 0.717) is 5.69 Å². The zero-order valence-electron chi connectivity index (χ0n) is 20.7. The van der Waals surface area contributed by atoms with Gasteiger partial charge in [0.05, 0.1) is 12.3 Å². The SMILES string of the molecule is CO[C@H]1O[C@@H]2CO[C@H](c3ccccc3)O[C@H]2[C@@H](OC(C)=O)[C@@H]1N1N=N[C@@H]2C(=O)N(c3ccccc3)C(=O)[C@@H]21. The predicted molar refractivity (Wildman–Crippen MR) is 128 cm³/mol. The average Bonchev–Trinajstić information content (AvgIpc) is 3.48. The first-order valence-electron chi connectivity index (χ1n) is 12.3. The van der Waals surface area contributed by atoms with Crippen LogP contribution < -0.4 is 4.90 Å². The van der Waals surface area contributed by atoms with E-state index in [1.807, 2.05) is 30.3 Å². The number of rotatable bonds is 5. The molecule has 4 heterocycles. The molecule has 0 aliphatic carbocycles. The Morgan fingerprint density at radius 1 is 1.00 bits per heavy atom. The second kappa shape index (κ2) is 9.87. The molecule has 12 nitrogen and oxygen atoms in total. The number of fused-ring (bicyclic) bond motifs is 2. The Kier molecular flexibility index (Phi) is 6.40. The van der Waals surface area contributed by atoms with Crippen LogP contribution in [0.25, 0.3) is 0 Å². The van der Waals surface area contributed by atoms with E-state index in [1.54, 1.807) is 30.3 Å². The van der Waals surface area contributed by atoms with Crippen LogP contribution in [0.2, 0.25) is 0 Å². The van der Waals surface area contributed by atoms with Crippen LogP contribution in [0, 0.1) is 0 Å². The predicted octanol–water partition coefficient (Wildman–Crippen LogP) is 1.77. The molecule has 0 radical (unpaired) electrons. The first kappa shape index (κ1) is 24.6. The van der Waals surface area contributed by atoms with E-state index >= 15 is 0 Å². The molecule has 198 valence electrons. The Bertz CT molecular complexity index is 1240. The van der Waals surface area contributed by atoms with Crippen molar-refractivity contribution in [2.45, 2.75) is 55.9 Å². The fourth-order valence-corrected chi connectivity index (χ4v) is 5.40. The van der Waals surface area contributed by atoms with Crippen molar-refractivity contribution in [3.8, 4) is 0 Å². The summed E-state index contributed by atoms with van der Waals surface area (Å²) >= 11 is 0. The molecule has 12 heteroatoms. The second-order valence-electron chi connectivity index (χ2n) is 9.34. The van der Waals surface area contributed by atoms with Crippen molar-refractivity contribution < 1.29 is 38.1 Å². The number of imide groups is 1. The summed E-state index contributed by atoms with van der Waals surface area (Å²) in [6.45, 7) is 1.44. The molecular weight excluding hydrogens is 496 g/mol. The van der Waals surface area contributed by atoms with Crippen molar-refractivity contribution in [3.05, 3.63) is 66.2 Å². The monoisotopic (exact) mass is 522 g/mol. The van der Waals surface area contributed by atoms with Crippen molar-refractivity contribution in [1.29, 1.82) is 0 Å². The summed E-state index contributed by atoms with van der Waals surface area (Å²) in [6, 6.07) is 14.9. The van der Waals surface area contributed by atoms with Crippen LogP contribution in [0.4, 0.5) is 5.69 Å². The third kappa shape index (κ3) is 4.06. The number of amides is 2. The fraction of sp³-hybridized carbons (Fsp3) is 0.423. The number of anilines is 1. The van der Waals surface area contributed by atoms with Crippen molar-refractivity contribution in [2.75, 3.05) is 18.6 Å². The van der Waals surface area contributed by atoms with Gasteiger partial charge in [0.15, 0.2) is 30.8 Å². The first-order chi connectivity index (χ1) is 18.5. The Labute approximate surface area is 218 Å². The quantitative estimate of drug-likeness (QED) is 0.426. The number of hydrogen-bond donors (Lipinski definition) is 0. The normalized spacial score (nSPS) is 34.3. The van der Waals surface area contributed by atoms with Crippen LogP contribution >= 0.6 is 0 Å². The largest absolute Gasteiger partial charge is 0.457 e. The Morgan fingerprint density at radius 2 is 1.71 bits per heavy atom. The lowest BCUT2D eigenvalue weighted by atomic mass is 9.93. The number of carbonyl (C=O) groups is 3. The topological polar surface area (TPSA) is 129 Å². The Balaban J connectivity index is 1.33. The molecule has 0 saturated carbocycles. The van der Waals surface area contributed by atoms with E-state index in [-0.39, 0.29) is 6.61 Å². The minimum Gasteiger partial charge on any atom is -0.457 e. The van der Waals surface area contributed by atoms with E-state index in [4.69, 9.17) is 23.7 Å². The molecule has 2 amide bonds. The molecule has 0 spiro atoms. The first-order valence-corrected chi connectivity index (χ1v) is 12.3. The molecule has 0 N–H and O–H groups in total. The Morgan fingerprint density at radius 3 is 2.39 bits per heavy atom. The highest BCUT2D eigenvalue weighted by Gasteiger charge is 2.62. The van der Waals surface area contributed by atoms with Crippen molar-refractivity contribution >= 4 is 23.5 Å². The van der Waals surface area contributed by atoms with Gasteiger partial charge >= 0.3 is 5.97 Å². The van der Waals surface area contributed by atoms with Gasteiger partial charge in [-0.2, -0.15) is 5.11 Å². The molecule has 2 aromatic rings. The fourth-order valence-electron chi connectivity index (χ4n) is 5.40. The number of carbonyl (C=O) groups excluding carboxylic acids is 3. The number of ether oxygens (including phenoxy) is 5. The van der Waals surface area contributed by atoms with E-state index in [1.165, 1.54) is 19.0 Å². The summed E-state index contributed by atoms with van der Waals surface area (Å²) in [7, 11) is 1.43. The van der Waals surface area contributed by atoms with Gasteiger partial charge in [-0.05, 0) is 12.1 Å². The van der Waals surface area contributed by atoms with Gasteiger partial charge in [-0.1, -0.05) is 53.8 Å². The number of hydrogen-bond acceptors (Lipinski definition) is 11. The van der Waals surface area contributed by atoms with Gasteiger partial charge in [0.25, 0.3) is 11.8 Å². The molecule has 4 aliphatic rings. The minimum absolute atomic E-state index is 0.154. The summed E-state index contributed by atoms with van der Waals surface area (Å²) < 4.78 is 29.8. The maximum absolute atomic E-state index is 13.6. The van der Waals surface area contributed by atoms with Crippen molar-refractivity contribution in [2.24, 2.45) is 10.3 Å². The van der Waals surface area contributed by atoms with Crippen LogP contribution in [0.15, 0.2) is 71.0 Å². The number of esters is 1. The van der Waals surface area contributed by atoms with E-state index in [9.17, 15) is 14.4 Å². The van der Waals surface area contributed by atoms with Gasteiger partial charge in [-0.3, -0.25) is 19.4 Å². The van der Waals surface area contributed by atoms with Crippen molar-refractivity contribution in [3.63, 3.8) is 0 Å². The van der Waals surface area contributed by atoms with Gasteiger partial charge in [0, 0.05) is 19.6 Å². The highest BCUT2D eigenvalue weighted by atomic mass is 16.7. The molecule has 38 heavy (non-hydrogen) atoms. The zero-order valence-corrected chi connectivity index (χ0v) is 20.7. The smallest absolute Gasteiger partial charge is 0.303 e.